The quantitative estimate of drug-likeness (QED) is 0.765. The highest BCUT2D eigenvalue weighted by Gasteiger charge is 2.22. The maximum atomic E-state index is 12.0. The van der Waals surface area contributed by atoms with Crippen molar-refractivity contribution in [3.05, 3.63) is 41.1 Å². The lowest BCUT2D eigenvalue weighted by molar-refractivity contribution is -0.114. The van der Waals surface area contributed by atoms with Crippen LogP contribution in [-0.2, 0) is 11.3 Å². The first-order chi connectivity index (χ1) is 12.0. The molecule has 2 heterocycles. The van der Waals surface area contributed by atoms with Crippen LogP contribution in [0.4, 0.5) is 5.69 Å². The van der Waals surface area contributed by atoms with Gasteiger partial charge in [-0.3, -0.25) is 14.7 Å². The Hall–Kier alpha value is -1.94. The monoisotopic (exact) mass is 339 g/mol. The Bertz CT molecular complexity index is 678. The van der Waals surface area contributed by atoms with Crippen LogP contribution >= 0.6 is 0 Å². The SMILES string of the molecule is CC(=O)C1=C(N=C(C)C)CCN(Cc2ccc(N3CCCC3)cc2)C1. The molecule has 0 amide bonds. The topological polar surface area (TPSA) is 35.9 Å². The summed E-state index contributed by atoms with van der Waals surface area (Å²) in [4.78, 5) is 21.4. The summed E-state index contributed by atoms with van der Waals surface area (Å²) >= 11 is 0. The summed E-state index contributed by atoms with van der Waals surface area (Å²) in [5.41, 5.74) is 5.51. The van der Waals surface area contributed by atoms with E-state index in [1.807, 2.05) is 13.8 Å². The van der Waals surface area contributed by atoms with Gasteiger partial charge in [0.2, 0.25) is 0 Å². The smallest absolute Gasteiger partial charge is 0.158 e. The number of carbonyl (C=O) groups is 1. The fourth-order valence-corrected chi connectivity index (χ4v) is 3.70. The van der Waals surface area contributed by atoms with Crippen LogP contribution in [0.3, 0.4) is 0 Å². The van der Waals surface area contributed by atoms with Gasteiger partial charge in [0, 0.05) is 61.8 Å². The van der Waals surface area contributed by atoms with Crippen molar-refractivity contribution < 1.29 is 4.79 Å². The van der Waals surface area contributed by atoms with Crippen LogP contribution in [0.2, 0.25) is 0 Å². The molecule has 4 heteroatoms. The van der Waals surface area contributed by atoms with Gasteiger partial charge in [-0.15, -0.1) is 0 Å². The zero-order chi connectivity index (χ0) is 17.8. The summed E-state index contributed by atoms with van der Waals surface area (Å²) < 4.78 is 0. The predicted molar refractivity (Wildman–Crippen MR) is 104 cm³/mol. The molecule has 0 N–H and O–H groups in total. The standard InChI is InChI=1S/C21H29N3O/c1-16(2)22-21-10-13-23(15-20(21)17(3)25)14-18-6-8-19(9-7-18)24-11-4-5-12-24/h6-9H,4-5,10-15H2,1-3H3. The first-order valence-electron chi connectivity index (χ1n) is 9.34. The Labute approximate surface area is 151 Å². The molecule has 1 aromatic carbocycles. The van der Waals surface area contributed by atoms with Crippen LogP contribution in [0.5, 0.6) is 0 Å². The maximum Gasteiger partial charge on any atom is 0.158 e. The van der Waals surface area contributed by atoms with Gasteiger partial charge >= 0.3 is 0 Å². The molecule has 25 heavy (non-hydrogen) atoms. The van der Waals surface area contributed by atoms with Crippen LogP contribution in [0.1, 0.15) is 45.6 Å². The van der Waals surface area contributed by atoms with Crippen molar-refractivity contribution in [2.75, 3.05) is 31.1 Å². The van der Waals surface area contributed by atoms with Gasteiger partial charge in [-0.1, -0.05) is 12.1 Å². The average molecular weight is 339 g/mol. The van der Waals surface area contributed by atoms with E-state index in [4.69, 9.17) is 0 Å². The van der Waals surface area contributed by atoms with Gasteiger partial charge in [0.25, 0.3) is 0 Å². The van der Waals surface area contributed by atoms with Gasteiger partial charge < -0.3 is 4.90 Å². The second-order valence-corrected chi connectivity index (χ2v) is 7.36. The van der Waals surface area contributed by atoms with E-state index in [0.717, 1.165) is 36.5 Å². The molecule has 0 atom stereocenters. The number of ketones is 1. The summed E-state index contributed by atoms with van der Waals surface area (Å²) in [7, 11) is 0. The molecular weight excluding hydrogens is 310 g/mol. The molecule has 1 fully saturated rings. The zero-order valence-electron chi connectivity index (χ0n) is 15.7. The Morgan fingerprint density at radius 2 is 1.72 bits per heavy atom. The minimum Gasteiger partial charge on any atom is -0.372 e. The normalized spacial score (nSPS) is 18.6. The van der Waals surface area contributed by atoms with Gasteiger partial charge in [0.05, 0.1) is 0 Å². The fraction of sp³-hybridized carbons (Fsp3) is 0.524. The van der Waals surface area contributed by atoms with E-state index in [-0.39, 0.29) is 5.78 Å². The third kappa shape index (κ3) is 4.57. The summed E-state index contributed by atoms with van der Waals surface area (Å²) in [6.45, 7) is 10.5. The summed E-state index contributed by atoms with van der Waals surface area (Å²) in [5.74, 6) is 0.147. The van der Waals surface area contributed by atoms with Crippen molar-refractivity contribution in [2.24, 2.45) is 4.99 Å². The molecule has 0 spiro atoms. The molecule has 4 nitrogen and oxygen atoms in total. The Morgan fingerprint density at radius 1 is 1.04 bits per heavy atom. The molecule has 1 saturated heterocycles. The lowest BCUT2D eigenvalue weighted by Gasteiger charge is -2.29. The van der Waals surface area contributed by atoms with E-state index in [9.17, 15) is 4.79 Å². The molecule has 0 bridgehead atoms. The first-order valence-corrected chi connectivity index (χ1v) is 9.34. The highest BCUT2D eigenvalue weighted by Crippen LogP contribution is 2.24. The van der Waals surface area contributed by atoms with Gasteiger partial charge in [-0.25, -0.2) is 0 Å². The van der Waals surface area contributed by atoms with E-state index in [1.165, 1.54) is 37.2 Å². The predicted octanol–water partition coefficient (Wildman–Crippen LogP) is 3.82. The Kier molecular flexibility index (Phi) is 5.69. The van der Waals surface area contributed by atoms with E-state index >= 15 is 0 Å². The third-order valence-corrected chi connectivity index (χ3v) is 4.99. The lowest BCUT2D eigenvalue weighted by Crippen LogP contribution is -2.33. The molecule has 0 aliphatic carbocycles. The van der Waals surface area contributed by atoms with Crippen molar-refractivity contribution in [3.8, 4) is 0 Å². The van der Waals surface area contributed by atoms with E-state index in [0.29, 0.717) is 6.54 Å². The second-order valence-electron chi connectivity index (χ2n) is 7.36. The van der Waals surface area contributed by atoms with Crippen LogP contribution in [0, 0.1) is 0 Å². The molecule has 0 saturated carbocycles. The summed E-state index contributed by atoms with van der Waals surface area (Å²) in [5, 5.41) is 0. The molecule has 0 radical (unpaired) electrons. The van der Waals surface area contributed by atoms with Gasteiger partial charge in [0.15, 0.2) is 5.78 Å². The minimum absolute atomic E-state index is 0.147. The summed E-state index contributed by atoms with van der Waals surface area (Å²) in [6.07, 6.45) is 3.46. The van der Waals surface area contributed by atoms with Crippen LogP contribution < -0.4 is 4.90 Å². The molecule has 0 aromatic heterocycles. The van der Waals surface area contributed by atoms with Crippen LogP contribution in [0.25, 0.3) is 0 Å². The number of carbonyl (C=O) groups excluding carboxylic acids is 1. The molecule has 0 unspecified atom stereocenters. The molecule has 134 valence electrons. The van der Waals surface area contributed by atoms with Crippen LogP contribution in [0.15, 0.2) is 40.5 Å². The zero-order valence-corrected chi connectivity index (χ0v) is 15.7. The molecule has 1 aromatic rings. The Balaban J connectivity index is 1.66. The van der Waals surface area contributed by atoms with E-state index < -0.39 is 0 Å². The first kappa shape index (κ1) is 17.9. The second kappa shape index (κ2) is 7.96. The lowest BCUT2D eigenvalue weighted by atomic mass is 10.0. The number of nitrogens with zero attached hydrogens (tertiary/aromatic N) is 3. The number of aliphatic imine (C=N–C) groups is 1. The minimum atomic E-state index is 0.147. The number of hydrogen-bond donors (Lipinski definition) is 0. The van der Waals surface area contributed by atoms with Crippen LogP contribution in [-0.4, -0.2) is 42.6 Å². The highest BCUT2D eigenvalue weighted by atomic mass is 16.1. The largest absolute Gasteiger partial charge is 0.372 e. The average Bonchev–Trinajstić information content (AvgIpc) is 3.11. The molecule has 2 aliphatic heterocycles. The number of anilines is 1. The van der Waals surface area contributed by atoms with Crippen molar-refractivity contribution in [3.63, 3.8) is 0 Å². The molecule has 3 rings (SSSR count). The Morgan fingerprint density at radius 3 is 2.32 bits per heavy atom. The number of hydrogen-bond acceptors (Lipinski definition) is 4. The summed E-state index contributed by atoms with van der Waals surface area (Å²) in [6, 6.07) is 8.94. The molecule has 2 aliphatic rings. The number of benzene rings is 1. The van der Waals surface area contributed by atoms with Crippen molar-refractivity contribution in [1.82, 2.24) is 4.90 Å². The highest BCUT2D eigenvalue weighted by molar-refractivity contribution is 5.95. The molecular formula is C21H29N3O. The number of rotatable bonds is 5. The number of Topliss-reactive ketones (excluding diaryl/α,β-unsaturated/α-hetero) is 1. The fourth-order valence-electron chi connectivity index (χ4n) is 3.70. The van der Waals surface area contributed by atoms with Gasteiger partial charge in [0.1, 0.15) is 0 Å². The van der Waals surface area contributed by atoms with Crippen molar-refractivity contribution in [2.45, 2.75) is 46.6 Å². The maximum absolute atomic E-state index is 12.0. The van der Waals surface area contributed by atoms with Gasteiger partial charge in [-0.2, -0.15) is 0 Å². The van der Waals surface area contributed by atoms with E-state index in [2.05, 4.69) is 39.1 Å². The third-order valence-electron chi connectivity index (χ3n) is 4.99. The van der Waals surface area contributed by atoms with Crippen molar-refractivity contribution >= 4 is 17.2 Å². The van der Waals surface area contributed by atoms with Gasteiger partial charge in [-0.05, 0) is 51.3 Å². The van der Waals surface area contributed by atoms with E-state index in [1.54, 1.807) is 6.92 Å². The van der Waals surface area contributed by atoms with Crippen molar-refractivity contribution in [1.29, 1.82) is 0 Å².